The zero-order chi connectivity index (χ0) is 17.2. The largest absolute Gasteiger partial charge is 0.391 e. The molecule has 2 atom stereocenters. The number of nitrogens with zero attached hydrogens (tertiary/aromatic N) is 2. The minimum atomic E-state index is -3.79. The number of likely N-dealkylation sites (tertiary alicyclic amines) is 1. The van der Waals surface area contributed by atoms with Gasteiger partial charge in [0.15, 0.2) is 0 Å². The highest BCUT2D eigenvalue weighted by Gasteiger charge is 2.31. The lowest BCUT2D eigenvalue weighted by Gasteiger charge is -2.41. The molecule has 0 bridgehead atoms. The van der Waals surface area contributed by atoms with Gasteiger partial charge in [0, 0.05) is 31.4 Å². The van der Waals surface area contributed by atoms with Gasteiger partial charge in [-0.2, -0.15) is 0 Å². The highest BCUT2D eigenvalue weighted by atomic mass is 32.2. The molecule has 4 N–H and O–H groups in total. The van der Waals surface area contributed by atoms with Crippen molar-refractivity contribution >= 4 is 15.8 Å². The molecular formula is C16H26N4O3S. The van der Waals surface area contributed by atoms with E-state index in [1.807, 2.05) is 0 Å². The first-order valence-electron chi connectivity index (χ1n) is 8.61. The Morgan fingerprint density at radius 2 is 1.92 bits per heavy atom. The van der Waals surface area contributed by atoms with Gasteiger partial charge in [-0.05, 0) is 37.8 Å². The summed E-state index contributed by atoms with van der Waals surface area (Å²) in [6.45, 7) is 1.80. The molecule has 1 aliphatic heterocycles. The second-order valence-corrected chi connectivity index (χ2v) is 8.30. The van der Waals surface area contributed by atoms with E-state index < -0.39 is 10.0 Å². The highest BCUT2D eigenvalue weighted by molar-refractivity contribution is 7.89. The second-order valence-electron chi connectivity index (χ2n) is 6.77. The van der Waals surface area contributed by atoms with Gasteiger partial charge in [0.2, 0.25) is 10.0 Å². The Labute approximate surface area is 143 Å². The smallest absolute Gasteiger partial charge is 0.241 e. The van der Waals surface area contributed by atoms with Gasteiger partial charge in [0.1, 0.15) is 10.7 Å². The van der Waals surface area contributed by atoms with Crippen LogP contribution in [0.15, 0.2) is 23.2 Å². The Hall–Kier alpha value is -1.22. The highest BCUT2D eigenvalue weighted by Crippen LogP contribution is 2.27. The van der Waals surface area contributed by atoms with Crippen LogP contribution in [0.3, 0.4) is 0 Å². The molecule has 0 spiro atoms. The summed E-state index contributed by atoms with van der Waals surface area (Å²) in [6, 6.07) is 3.47. The van der Waals surface area contributed by atoms with Gasteiger partial charge >= 0.3 is 0 Å². The maximum absolute atomic E-state index is 11.7. The van der Waals surface area contributed by atoms with Crippen molar-refractivity contribution in [1.29, 1.82) is 0 Å². The van der Waals surface area contributed by atoms with Crippen LogP contribution in [0.2, 0.25) is 0 Å². The number of hydrogen-bond acceptors (Lipinski definition) is 6. The summed E-state index contributed by atoms with van der Waals surface area (Å²) in [6.07, 6.45) is 7.40. The van der Waals surface area contributed by atoms with Crippen molar-refractivity contribution in [3.8, 4) is 0 Å². The third-order valence-electron chi connectivity index (χ3n) is 5.11. The molecule has 1 aromatic heterocycles. The Morgan fingerprint density at radius 3 is 2.58 bits per heavy atom. The fourth-order valence-corrected chi connectivity index (χ4v) is 4.46. The molecule has 7 nitrogen and oxygen atoms in total. The lowest BCUT2D eigenvalue weighted by molar-refractivity contribution is 0.00991. The summed E-state index contributed by atoms with van der Waals surface area (Å²) < 4.78 is 23.3. The van der Waals surface area contributed by atoms with Crippen molar-refractivity contribution in [2.45, 2.75) is 61.6 Å². The predicted molar refractivity (Wildman–Crippen MR) is 92.1 cm³/mol. The fraction of sp³-hybridized carbons (Fsp3) is 0.688. The van der Waals surface area contributed by atoms with Crippen LogP contribution < -0.4 is 10.5 Å². The van der Waals surface area contributed by atoms with Crippen molar-refractivity contribution in [3.05, 3.63) is 18.3 Å². The maximum Gasteiger partial charge on any atom is 0.241 e. The zero-order valence-electron chi connectivity index (χ0n) is 13.8. The first kappa shape index (κ1) is 17.6. The Bertz CT molecular complexity index is 659. The number of sulfonamides is 1. The van der Waals surface area contributed by atoms with Crippen LogP contribution in [0.4, 0.5) is 5.82 Å². The standard InChI is InChI=1S/C16H26N4O3S/c17-24(22,23)15-6-3-9-18-16(15)19-12-7-10-20(11-8-12)13-4-1-2-5-14(13)21/h3,6,9,12-14,21H,1-2,4-5,7-8,10-11H2,(H,18,19)(H2,17,22,23). The molecule has 8 heteroatoms. The van der Waals surface area contributed by atoms with Crippen LogP contribution in [-0.4, -0.2) is 54.7 Å². The molecule has 0 aromatic carbocycles. The minimum Gasteiger partial charge on any atom is -0.391 e. The van der Waals surface area contributed by atoms with Crippen molar-refractivity contribution < 1.29 is 13.5 Å². The molecule has 3 rings (SSSR count). The van der Waals surface area contributed by atoms with Crippen molar-refractivity contribution in [2.75, 3.05) is 18.4 Å². The van der Waals surface area contributed by atoms with Gasteiger partial charge in [-0.25, -0.2) is 18.5 Å². The van der Waals surface area contributed by atoms with Crippen molar-refractivity contribution in [3.63, 3.8) is 0 Å². The van der Waals surface area contributed by atoms with Gasteiger partial charge in [-0.3, -0.25) is 4.90 Å². The van der Waals surface area contributed by atoms with E-state index in [1.54, 1.807) is 12.3 Å². The molecule has 1 saturated carbocycles. The van der Waals surface area contributed by atoms with Gasteiger partial charge in [-0.15, -0.1) is 0 Å². The second kappa shape index (κ2) is 7.35. The van der Waals surface area contributed by atoms with Gasteiger partial charge in [-0.1, -0.05) is 12.8 Å². The van der Waals surface area contributed by atoms with Crippen molar-refractivity contribution in [1.82, 2.24) is 9.88 Å². The summed E-state index contributed by atoms with van der Waals surface area (Å²) in [4.78, 5) is 6.55. The quantitative estimate of drug-likeness (QED) is 0.742. The van der Waals surface area contributed by atoms with E-state index in [4.69, 9.17) is 5.14 Å². The molecule has 134 valence electrons. The third kappa shape index (κ3) is 4.05. The van der Waals surface area contributed by atoms with Crippen LogP contribution in [-0.2, 0) is 10.0 Å². The van der Waals surface area contributed by atoms with E-state index in [-0.39, 0.29) is 23.1 Å². The number of nitrogens with two attached hydrogens (primary N) is 1. The average molecular weight is 354 g/mol. The van der Waals surface area contributed by atoms with Gasteiger partial charge < -0.3 is 10.4 Å². The lowest BCUT2D eigenvalue weighted by Crippen LogP contribution is -2.50. The monoisotopic (exact) mass is 354 g/mol. The van der Waals surface area contributed by atoms with E-state index in [9.17, 15) is 13.5 Å². The lowest BCUT2D eigenvalue weighted by atomic mass is 9.89. The number of nitrogens with one attached hydrogen (secondary N) is 1. The van der Waals surface area contributed by atoms with Crippen LogP contribution in [0.25, 0.3) is 0 Å². The molecule has 1 saturated heterocycles. The summed E-state index contributed by atoms with van der Waals surface area (Å²) >= 11 is 0. The zero-order valence-corrected chi connectivity index (χ0v) is 14.6. The average Bonchev–Trinajstić information content (AvgIpc) is 2.56. The number of primary sulfonamides is 1. The van der Waals surface area contributed by atoms with Gasteiger partial charge in [0.05, 0.1) is 6.10 Å². The molecule has 0 radical (unpaired) electrons. The van der Waals surface area contributed by atoms with Crippen LogP contribution >= 0.6 is 0 Å². The number of piperidine rings is 1. The SMILES string of the molecule is NS(=O)(=O)c1cccnc1NC1CCN(C2CCCCC2O)CC1. The van der Waals surface area contributed by atoms with E-state index >= 15 is 0 Å². The normalized spacial score (nSPS) is 27.1. The van der Waals surface area contributed by atoms with Crippen LogP contribution in [0, 0.1) is 0 Å². The number of aliphatic hydroxyl groups excluding tert-OH is 1. The van der Waals surface area contributed by atoms with E-state index in [1.165, 1.54) is 12.5 Å². The molecule has 1 aliphatic carbocycles. The summed E-state index contributed by atoms with van der Waals surface area (Å²) in [5.74, 6) is 0.330. The first-order valence-corrected chi connectivity index (χ1v) is 10.2. The Balaban J connectivity index is 1.60. The Kier molecular flexibility index (Phi) is 5.39. The number of rotatable bonds is 4. The molecule has 1 aromatic rings. The van der Waals surface area contributed by atoms with Crippen molar-refractivity contribution in [2.24, 2.45) is 5.14 Å². The fourth-order valence-electron chi connectivity index (χ4n) is 3.81. The molecule has 2 unspecified atom stereocenters. The van der Waals surface area contributed by atoms with Gasteiger partial charge in [0.25, 0.3) is 0 Å². The molecule has 2 aliphatic rings. The molecule has 24 heavy (non-hydrogen) atoms. The molecule has 0 amide bonds. The summed E-state index contributed by atoms with van der Waals surface area (Å²) in [7, 11) is -3.79. The summed E-state index contributed by atoms with van der Waals surface area (Å²) in [5.41, 5.74) is 0. The number of anilines is 1. The Morgan fingerprint density at radius 1 is 1.21 bits per heavy atom. The van der Waals surface area contributed by atoms with E-state index in [0.717, 1.165) is 45.2 Å². The number of aliphatic hydroxyl groups is 1. The molecular weight excluding hydrogens is 328 g/mol. The predicted octanol–water partition coefficient (Wildman–Crippen LogP) is 0.909. The van der Waals surface area contributed by atoms with E-state index in [0.29, 0.717) is 5.82 Å². The number of hydrogen-bond donors (Lipinski definition) is 3. The number of pyridine rings is 1. The minimum absolute atomic E-state index is 0.0372. The topological polar surface area (TPSA) is 109 Å². The number of aromatic nitrogens is 1. The van der Waals surface area contributed by atoms with Crippen LogP contribution in [0.5, 0.6) is 0 Å². The molecule has 2 heterocycles. The maximum atomic E-state index is 11.7. The van der Waals surface area contributed by atoms with E-state index in [2.05, 4.69) is 15.2 Å². The molecule has 2 fully saturated rings. The summed E-state index contributed by atoms with van der Waals surface area (Å²) in [5, 5.41) is 18.7. The third-order valence-corrected chi connectivity index (χ3v) is 6.05. The first-order chi connectivity index (χ1) is 11.4. The van der Waals surface area contributed by atoms with Crippen LogP contribution in [0.1, 0.15) is 38.5 Å².